The van der Waals surface area contributed by atoms with Crippen LogP contribution >= 0.6 is 0 Å². The van der Waals surface area contributed by atoms with E-state index >= 15 is 0 Å². The monoisotopic (exact) mass is 1020 g/mol. The molecule has 0 aliphatic carbocycles. The molecule has 0 amide bonds. The number of carbonyl (C=O) groups excluding carboxylic acids is 3. The topological polar surface area (TPSA) is 78.9 Å². The van der Waals surface area contributed by atoms with Gasteiger partial charge in [0.15, 0.2) is 6.10 Å². The summed E-state index contributed by atoms with van der Waals surface area (Å²) < 4.78 is 16.8. The SMILES string of the molecule is CC/C=C\C/C=C\C/C=C\C/C=C\C/C=C\CC(=O)OCC(COC(=O)CCCCCCCCCCCCCC/C=C\C/C=C\C/C=C\C/C=C\CC)OC(=O)CCCCCCC/C=C\C/C=C\CCCCCC. The van der Waals surface area contributed by atoms with Crippen LogP contribution in [0.4, 0.5) is 0 Å². The fourth-order valence-electron chi connectivity index (χ4n) is 7.95. The van der Waals surface area contributed by atoms with E-state index in [9.17, 15) is 14.4 Å². The third-order valence-corrected chi connectivity index (χ3v) is 12.4. The van der Waals surface area contributed by atoms with Crippen molar-refractivity contribution in [2.45, 2.75) is 264 Å². The zero-order valence-electron chi connectivity index (χ0n) is 47.8. The summed E-state index contributed by atoms with van der Waals surface area (Å²) in [6.07, 6.45) is 86.2. The van der Waals surface area contributed by atoms with Gasteiger partial charge < -0.3 is 14.2 Å². The summed E-state index contributed by atoms with van der Waals surface area (Å²) >= 11 is 0. The van der Waals surface area contributed by atoms with Gasteiger partial charge in [0.2, 0.25) is 0 Å². The molecule has 0 radical (unpaired) electrons. The number of unbranched alkanes of at least 4 members (excludes halogenated alkanes) is 21. The van der Waals surface area contributed by atoms with Crippen LogP contribution in [0.1, 0.15) is 258 Å². The van der Waals surface area contributed by atoms with Crippen LogP contribution in [0.3, 0.4) is 0 Å². The molecule has 0 saturated carbocycles. The van der Waals surface area contributed by atoms with Crippen molar-refractivity contribution >= 4 is 17.9 Å². The molecule has 6 heteroatoms. The highest BCUT2D eigenvalue weighted by molar-refractivity contribution is 5.72. The van der Waals surface area contributed by atoms with Crippen LogP contribution in [0.15, 0.2) is 134 Å². The van der Waals surface area contributed by atoms with Gasteiger partial charge in [0, 0.05) is 12.8 Å². The quantitative estimate of drug-likeness (QED) is 0.0261. The smallest absolute Gasteiger partial charge is 0.309 e. The molecule has 74 heavy (non-hydrogen) atoms. The van der Waals surface area contributed by atoms with E-state index < -0.39 is 12.1 Å². The molecule has 0 fully saturated rings. The van der Waals surface area contributed by atoms with Crippen molar-refractivity contribution < 1.29 is 28.6 Å². The lowest BCUT2D eigenvalue weighted by Gasteiger charge is -2.18. The van der Waals surface area contributed by atoms with E-state index in [2.05, 4.69) is 142 Å². The molecular weight excluding hydrogens is 913 g/mol. The Labute approximate surface area is 455 Å². The van der Waals surface area contributed by atoms with Crippen molar-refractivity contribution in [3.63, 3.8) is 0 Å². The number of ether oxygens (including phenoxy) is 3. The number of rotatable bonds is 53. The van der Waals surface area contributed by atoms with Gasteiger partial charge in [-0.25, -0.2) is 0 Å². The van der Waals surface area contributed by atoms with Crippen molar-refractivity contribution in [1.29, 1.82) is 0 Å². The molecule has 0 heterocycles. The summed E-state index contributed by atoms with van der Waals surface area (Å²) in [5.41, 5.74) is 0. The first-order valence-corrected chi connectivity index (χ1v) is 30.2. The van der Waals surface area contributed by atoms with Gasteiger partial charge in [-0.2, -0.15) is 0 Å². The molecule has 0 aromatic rings. The Morgan fingerprint density at radius 1 is 0.297 bits per heavy atom. The molecule has 418 valence electrons. The van der Waals surface area contributed by atoms with Crippen LogP contribution < -0.4 is 0 Å². The highest BCUT2D eigenvalue weighted by atomic mass is 16.6. The first-order chi connectivity index (χ1) is 36.5. The van der Waals surface area contributed by atoms with E-state index in [0.29, 0.717) is 6.42 Å². The number of carbonyl (C=O) groups is 3. The van der Waals surface area contributed by atoms with E-state index in [1.807, 2.05) is 6.08 Å². The maximum Gasteiger partial charge on any atom is 0.309 e. The van der Waals surface area contributed by atoms with E-state index in [1.165, 1.54) is 96.3 Å². The van der Waals surface area contributed by atoms with E-state index in [0.717, 1.165) is 122 Å². The molecule has 0 saturated heterocycles. The van der Waals surface area contributed by atoms with Crippen LogP contribution in [-0.2, 0) is 28.6 Å². The Morgan fingerprint density at radius 3 is 0.946 bits per heavy atom. The van der Waals surface area contributed by atoms with E-state index in [1.54, 1.807) is 6.08 Å². The van der Waals surface area contributed by atoms with Gasteiger partial charge in [-0.3, -0.25) is 14.4 Å². The number of hydrogen-bond acceptors (Lipinski definition) is 6. The van der Waals surface area contributed by atoms with Crippen molar-refractivity contribution in [3.05, 3.63) is 134 Å². The average Bonchev–Trinajstić information content (AvgIpc) is 3.40. The highest BCUT2D eigenvalue weighted by Gasteiger charge is 2.19. The second-order valence-corrected chi connectivity index (χ2v) is 19.5. The molecule has 1 atom stereocenters. The zero-order chi connectivity index (χ0) is 53.6. The fourth-order valence-corrected chi connectivity index (χ4v) is 7.95. The fraction of sp³-hybridized carbons (Fsp3) is 0.632. The minimum Gasteiger partial charge on any atom is -0.462 e. The van der Waals surface area contributed by atoms with Gasteiger partial charge in [0.25, 0.3) is 0 Å². The van der Waals surface area contributed by atoms with Crippen LogP contribution in [0.5, 0.6) is 0 Å². The summed E-state index contributed by atoms with van der Waals surface area (Å²) in [4.78, 5) is 38.2. The number of hydrogen-bond donors (Lipinski definition) is 0. The van der Waals surface area contributed by atoms with Crippen LogP contribution in [0, 0.1) is 0 Å². The van der Waals surface area contributed by atoms with Gasteiger partial charge in [-0.1, -0.05) is 257 Å². The molecule has 0 aromatic carbocycles. The minimum absolute atomic E-state index is 0.118. The molecule has 0 aliphatic rings. The first-order valence-electron chi connectivity index (χ1n) is 30.2. The van der Waals surface area contributed by atoms with Gasteiger partial charge in [-0.15, -0.1) is 0 Å². The number of allylic oxidation sites excluding steroid dienone is 21. The Kier molecular flexibility index (Phi) is 57.4. The van der Waals surface area contributed by atoms with Crippen LogP contribution in [-0.4, -0.2) is 37.2 Å². The van der Waals surface area contributed by atoms with Crippen molar-refractivity contribution in [2.24, 2.45) is 0 Å². The van der Waals surface area contributed by atoms with Gasteiger partial charge in [0.05, 0.1) is 6.42 Å². The lowest BCUT2D eigenvalue weighted by molar-refractivity contribution is -0.166. The largest absolute Gasteiger partial charge is 0.462 e. The van der Waals surface area contributed by atoms with Gasteiger partial charge in [0.1, 0.15) is 13.2 Å². The Bertz CT molecular complexity index is 1600. The molecule has 0 aromatic heterocycles. The Hall–Kier alpha value is -4.45. The van der Waals surface area contributed by atoms with E-state index in [4.69, 9.17) is 14.2 Å². The normalized spacial score (nSPS) is 13.1. The average molecular weight is 1020 g/mol. The maximum absolute atomic E-state index is 12.9. The molecule has 1 unspecified atom stereocenters. The summed E-state index contributed by atoms with van der Waals surface area (Å²) in [6, 6.07) is 0. The summed E-state index contributed by atoms with van der Waals surface area (Å²) in [5, 5.41) is 0. The Morgan fingerprint density at radius 2 is 0.581 bits per heavy atom. The minimum atomic E-state index is -0.831. The molecule has 0 spiro atoms. The Balaban J connectivity index is 4.43. The molecule has 0 aliphatic heterocycles. The van der Waals surface area contributed by atoms with Crippen molar-refractivity contribution in [2.75, 3.05) is 13.2 Å². The van der Waals surface area contributed by atoms with Crippen molar-refractivity contribution in [3.8, 4) is 0 Å². The highest BCUT2D eigenvalue weighted by Crippen LogP contribution is 2.15. The molecular formula is C68H110O6. The third-order valence-electron chi connectivity index (χ3n) is 12.4. The molecule has 6 nitrogen and oxygen atoms in total. The zero-order valence-corrected chi connectivity index (χ0v) is 47.8. The molecule has 0 N–H and O–H groups in total. The molecule has 0 rings (SSSR count). The van der Waals surface area contributed by atoms with Crippen molar-refractivity contribution in [1.82, 2.24) is 0 Å². The second kappa shape index (κ2) is 61.1. The predicted molar refractivity (Wildman–Crippen MR) is 320 cm³/mol. The summed E-state index contributed by atoms with van der Waals surface area (Å²) in [5.74, 6) is -1.07. The lowest BCUT2D eigenvalue weighted by Crippen LogP contribution is -2.30. The standard InChI is InChI=1S/C68H110O6/c1-4-7-10-13-16-19-22-25-28-30-31-32-33-34-35-36-37-38-41-43-46-49-52-55-58-61-67(70)73-64-65(63-72-66(69)60-57-54-51-48-45-42-39-27-24-21-18-15-12-9-6-3)74-68(71)62-59-56-53-50-47-44-40-29-26-23-20-17-14-11-8-5-2/h7,9-10,12,16,18-21,23,25,27-29,31-32,39-40,45,48,54,57,65H,4-6,8,11,13-15,17,22,24,26,30,33-38,41-44,46-47,49-53,55-56,58-64H2,1-3H3/b10-7-,12-9-,19-16-,21-18-,23-20-,28-25-,32-31-,39-27-,40-29-,48-45-,57-54-. The predicted octanol–water partition coefficient (Wildman–Crippen LogP) is 20.6. The van der Waals surface area contributed by atoms with Crippen LogP contribution in [0.2, 0.25) is 0 Å². The van der Waals surface area contributed by atoms with Gasteiger partial charge in [-0.05, 0) is 116 Å². The summed E-state index contributed by atoms with van der Waals surface area (Å²) in [7, 11) is 0. The maximum atomic E-state index is 12.9. The second-order valence-electron chi connectivity index (χ2n) is 19.5. The third kappa shape index (κ3) is 58.4. The van der Waals surface area contributed by atoms with E-state index in [-0.39, 0.29) is 38.0 Å². The van der Waals surface area contributed by atoms with Crippen LogP contribution in [0.25, 0.3) is 0 Å². The molecule has 0 bridgehead atoms. The first kappa shape index (κ1) is 69.5. The summed E-state index contributed by atoms with van der Waals surface area (Å²) in [6.45, 7) is 6.30. The van der Waals surface area contributed by atoms with Gasteiger partial charge >= 0.3 is 17.9 Å². The number of esters is 3. The lowest BCUT2D eigenvalue weighted by atomic mass is 10.0.